The van der Waals surface area contributed by atoms with Crippen molar-refractivity contribution in [1.29, 1.82) is 0 Å². The zero-order valence-corrected chi connectivity index (χ0v) is 9.69. The van der Waals surface area contributed by atoms with Crippen LogP contribution in [0.25, 0.3) is 0 Å². The van der Waals surface area contributed by atoms with E-state index in [4.69, 9.17) is 4.74 Å². The minimum atomic E-state index is -0.246. The summed E-state index contributed by atoms with van der Waals surface area (Å²) in [6, 6.07) is 10.0. The summed E-state index contributed by atoms with van der Waals surface area (Å²) >= 11 is 0. The predicted molar refractivity (Wildman–Crippen MR) is 65.2 cm³/mol. The van der Waals surface area contributed by atoms with Gasteiger partial charge in [0.25, 0.3) is 0 Å². The van der Waals surface area contributed by atoms with E-state index < -0.39 is 0 Å². The lowest BCUT2D eigenvalue weighted by atomic mass is 10.1. The molecule has 0 saturated heterocycles. The Bertz CT molecular complexity index is 328. The largest absolute Gasteiger partial charge is 0.463 e. The predicted octanol–water partition coefficient (Wildman–Crippen LogP) is 3.13. The van der Waals surface area contributed by atoms with Gasteiger partial charge < -0.3 is 4.74 Å². The van der Waals surface area contributed by atoms with Gasteiger partial charge >= 0.3 is 5.97 Å². The minimum absolute atomic E-state index is 0.246. The third-order valence-corrected chi connectivity index (χ3v) is 2.19. The minimum Gasteiger partial charge on any atom is -0.463 e. The Morgan fingerprint density at radius 2 is 2.06 bits per heavy atom. The van der Waals surface area contributed by atoms with E-state index in [1.165, 1.54) is 11.6 Å². The lowest BCUT2D eigenvalue weighted by Crippen LogP contribution is -2.01. The second-order valence-corrected chi connectivity index (χ2v) is 3.61. The van der Waals surface area contributed by atoms with Gasteiger partial charge in [-0.05, 0) is 18.4 Å². The third-order valence-electron chi connectivity index (χ3n) is 2.19. The molecule has 0 amide bonds. The van der Waals surface area contributed by atoms with Crippen molar-refractivity contribution in [3.8, 4) is 0 Å². The number of benzene rings is 1. The number of unbranched alkanes of at least 4 members (excludes halogenated alkanes) is 1. The number of carbonyl (C=O) groups is 1. The Labute approximate surface area is 96.9 Å². The Kier molecular flexibility index (Phi) is 6.00. The van der Waals surface area contributed by atoms with Gasteiger partial charge in [0.2, 0.25) is 0 Å². The number of hydrogen-bond acceptors (Lipinski definition) is 2. The number of esters is 1. The van der Waals surface area contributed by atoms with Gasteiger partial charge in [-0.1, -0.05) is 49.8 Å². The van der Waals surface area contributed by atoms with Gasteiger partial charge in [0.15, 0.2) is 0 Å². The molecule has 0 heterocycles. The smallest absolute Gasteiger partial charge is 0.330 e. The van der Waals surface area contributed by atoms with Crippen LogP contribution < -0.4 is 0 Å². The number of hydrogen-bond donors (Lipinski definition) is 0. The quantitative estimate of drug-likeness (QED) is 0.416. The normalized spacial score (nSPS) is 10.6. The second-order valence-electron chi connectivity index (χ2n) is 3.61. The molecule has 0 saturated carbocycles. The molecule has 0 fully saturated rings. The van der Waals surface area contributed by atoms with Crippen LogP contribution in [0.15, 0.2) is 42.5 Å². The topological polar surface area (TPSA) is 26.3 Å². The average Bonchev–Trinajstić information content (AvgIpc) is 2.31. The average molecular weight is 218 g/mol. The fourth-order valence-electron chi connectivity index (χ4n) is 1.27. The van der Waals surface area contributed by atoms with Gasteiger partial charge in [-0.3, -0.25) is 0 Å². The second kappa shape index (κ2) is 7.69. The molecule has 0 spiro atoms. The molecule has 0 radical (unpaired) electrons. The maximum absolute atomic E-state index is 11.2. The molecule has 0 aliphatic rings. The molecule has 2 nitrogen and oxygen atoms in total. The fourth-order valence-corrected chi connectivity index (χ4v) is 1.27. The summed E-state index contributed by atoms with van der Waals surface area (Å²) in [5.74, 6) is -0.246. The molecule has 0 bridgehead atoms. The highest BCUT2D eigenvalue weighted by molar-refractivity contribution is 5.81. The van der Waals surface area contributed by atoms with Gasteiger partial charge in [-0.2, -0.15) is 0 Å². The molecule has 1 aromatic rings. The van der Waals surface area contributed by atoms with Crippen LogP contribution in [0.4, 0.5) is 0 Å². The van der Waals surface area contributed by atoms with Gasteiger partial charge in [0.05, 0.1) is 6.61 Å². The van der Waals surface area contributed by atoms with E-state index in [1.807, 2.05) is 36.4 Å². The Hall–Kier alpha value is -1.57. The summed E-state index contributed by atoms with van der Waals surface area (Å²) in [7, 11) is 0. The van der Waals surface area contributed by atoms with Crippen molar-refractivity contribution < 1.29 is 9.53 Å². The van der Waals surface area contributed by atoms with E-state index in [9.17, 15) is 4.79 Å². The van der Waals surface area contributed by atoms with Crippen LogP contribution in [-0.4, -0.2) is 12.6 Å². The molecular weight excluding hydrogens is 200 g/mol. The standard InChI is InChI=1S/C14H18O2/c1-2-3-12-16-14(15)11-7-10-13-8-5-4-6-9-13/h4-9,11H,2-3,10,12H2,1H3/b11-7+. The number of rotatable bonds is 6. The van der Waals surface area contributed by atoms with E-state index in [2.05, 4.69) is 6.92 Å². The molecule has 0 aliphatic carbocycles. The van der Waals surface area contributed by atoms with E-state index in [1.54, 1.807) is 0 Å². The highest BCUT2D eigenvalue weighted by Gasteiger charge is 1.95. The first-order chi connectivity index (χ1) is 7.83. The summed E-state index contributed by atoms with van der Waals surface area (Å²) < 4.78 is 4.99. The molecule has 2 heteroatoms. The molecule has 0 aromatic heterocycles. The first-order valence-electron chi connectivity index (χ1n) is 5.70. The highest BCUT2D eigenvalue weighted by atomic mass is 16.5. The maximum Gasteiger partial charge on any atom is 0.330 e. The van der Waals surface area contributed by atoms with Crippen LogP contribution in [0.3, 0.4) is 0 Å². The molecule has 0 atom stereocenters. The molecule has 86 valence electrons. The molecular formula is C14H18O2. The lowest BCUT2D eigenvalue weighted by Gasteiger charge is -1.99. The Morgan fingerprint density at radius 3 is 2.75 bits per heavy atom. The van der Waals surface area contributed by atoms with Gasteiger partial charge in [-0.25, -0.2) is 4.79 Å². The first-order valence-corrected chi connectivity index (χ1v) is 5.70. The van der Waals surface area contributed by atoms with E-state index >= 15 is 0 Å². The molecule has 1 rings (SSSR count). The molecule has 0 unspecified atom stereocenters. The van der Waals surface area contributed by atoms with Crippen LogP contribution in [0.2, 0.25) is 0 Å². The first kappa shape index (κ1) is 12.5. The zero-order valence-electron chi connectivity index (χ0n) is 9.69. The van der Waals surface area contributed by atoms with Crippen molar-refractivity contribution in [3.05, 3.63) is 48.0 Å². The van der Waals surface area contributed by atoms with E-state index in [-0.39, 0.29) is 5.97 Å². The van der Waals surface area contributed by atoms with Crippen molar-refractivity contribution in [2.75, 3.05) is 6.61 Å². The van der Waals surface area contributed by atoms with Crippen LogP contribution in [-0.2, 0) is 16.0 Å². The zero-order chi connectivity index (χ0) is 11.6. The third kappa shape index (κ3) is 5.35. The van der Waals surface area contributed by atoms with Gasteiger partial charge in [-0.15, -0.1) is 0 Å². The molecule has 0 aliphatic heterocycles. The number of allylic oxidation sites excluding steroid dienone is 1. The van der Waals surface area contributed by atoms with E-state index in [0.717, 1.165) is 19.3 Å². The summed E-state index contributed by atoms with van der Waals surface area (Å²) in [5.41, 5.74) is 1.19. The van der Waals surface area contributed by atoms with Crippen LogP contribution in [0.5, 0.6) is 0 Å². The van der Waals surface area contributed by atoms with Crippen molar-refractivity contribution >= 4 is 5.97 Å². The van der Waals surface area contributed by atoms with E-state index in [0.29, 0.717) is 6.61 Å². The fraction of sp³-hybridized carbons (Fsp3) is 0.357. The van der Waals surface area contributed by atoms with Crippen molar-refractivity contribution in [2.45, 2.75) is 26.2 Å². The van der Waals surface area contributed by atoms with Crippen molar-refractivity contribution in [2.24, 2.45) is 0 Å². The van der Waals surface area contributed by atoms with Crippen LogP contribution in [0, 0.1) is 0 Å². The molecule has 0 N–H and O–H groups in total. The number of ether oxygens (including phenoxy) is 1. The highest BCUT2D eigenvalue weighted by Crippen LogP contribution is 2.00. The summed E-state index contributed by atoms with van der Waals surface area (Å²) in [6.45, 7) is 2.59. The lowest BCUT2D eigenvalue weighted by molar-refractivity contribution is -0.137. The van der Waals surface area contributed by atoms with Crippen LogP contribution in [0.1, 0.15) is 25.3 Å². The van der Waals surface area contributed by atoms with Gasteiger partial charge in [0, 0.05) is 6.08 Å². The molecule has 1 aromatic carbocycles. The number of carbonyl (C=O) groups excluding carboxylic acids is 1. The summed E-state index contributed by atoms with van der Waals surface area (Å²) in [4.78, 5) is 11.2. The summed E-state index contributed by atoms with van der Waals surface area (Å²) in [6.07, 6.45) is 6.08. The van der Waals surface area contributed by atoms with Crippen LogP contribution >= 0.6 is 0 Å². The van der Waals surface area contributed by atoms with Crippen molar-refractivity contribution in [3.63, 3.8) is 0 Å². The summed E-state index contributed by atoms with van der Waals surface area (Å²) in [5, 5.41) is 0. The Balaban J connectivity index is 2.24. The monoisotopic (exact) mass is 218 g/mol. The Morgan fingerprint density at radius 1 is 1.31 bits per heavy atom. The maximum atomic E-state index is 11.2. The molecule has 16 heavy (non-hydrogen) atoms. The van der Waals surface area contributed by atoms with Gasteiger partial charge in [0.1, 0.15) is 0 Å². The van der Waals surface area contributed by atoms with Crippen molar-refractivity contribution in [1.82, 2.24) is 0 Å². The SMILES string of the molecule is CCCCOC(=O)/C=C/Cc1ccccc1.